The quantitative estimate of drug-likeness (QED) is 0.824. The van der Waals surface area contributed by atoms with Crippen molar-refractivity contribution in [2.24, 2.45) is 0 Å². The molecule has 0 saturated carbocycles. The lowest BCUT2D eigenvalue weighted by Crippen LogP contribution is -2.46. The monoisotopic (exact) mass is 342 g/mol. The Labute approximate surface area is 143 Å². The second kappa shape index (κ2) is 8.66. The molecule has 2 heterocycles. The van der Waals surface area contributed by atoms with Crippen molar-refractivity contribution in [1.82, 2.24) is 20.0 Å². The maximum absolute atomic E-state index is 12.5. The highest BCUT2D eigenvalue weighted by atomic mass is 35.5. The van der Waals surface area contributed by atoms with Crippen molar-refractivity contribution < 1.29 is 9.53 Å². The predicted molar refractivity (Wildman–Crippen MR) is 91.1 cm³/mol. The second-order valence-corrected chi connectivity index (χ2v) is 6.47. The van der Waals surface area contributed by atoms with E-state index < -0.39 is 0 Å². The number of carbonyl (C=O) groups is 1. The third-order valence-electron chi connectivity index (χ3n) is 4.03. The van der Waals surface area contributed by atoms with Crippen LogP contribution in [0.3, 0.4) is 0 Å². The van der Waals surface area contributed by atoms with Gasteiger partial charge >= 0.3 is 0 Å². The van der Waals surface area contributed by atoms with Crippen molar-refractivity contribution in [2.45, 2.75) is 46.2 Å². The van der Waals surface area contributed by atoms with Crippen LogP contribution in [-0.4, -0.2) is 59.5 Å². The topological polar surface area (TPSA) is 59.4 Å². The number of rotatable bonds is 7. The first kappa shape index (κ1) is 18.2. The van der Waals surface area contributed by atoms with Crippen molar-refractivity contribution in [2.75, 3.05) is 32.8 Å². The lowest BCUT2D eigenvalue weighted by atomic mass is 10.2. The van der Waals surface area contributed by atoms with Gasteiger partial charge in [0.05, 0.1) is 24.5 Å². The van der Waals surface area contributed by atoms with Gasteiger partial charge in [0, 0.05) is 32.2 Å². The summed E-state index contributed by atoms with van der Waals surface area (Å²) in [5.41, 5.74) is 1.18. The maximum Gasteiger partial charge on any atom is 0.256 e. The van der Waals surface area contributed by atoms with Crippen molar-refractivity contribution in [3.63, 3.8) is 0 Å². The van der Waals surface area contributed by atoms with Gasteiger partial charge in [-0.05, 0) is 20.3 Å². The molecular formula is C16H27ClN4O2. The number of hydrogen-bond donors (Lipinski definition) is 1. The zero-order chi connectivity index (χ0) is 16.8. The molecule has 23 heavy (non-hydrogen) atoms. The number of nitrogens with zero attached hydrogens (tertiary/aromatic N) is 3. The first-order valence-corrected chi connectivity index (χ1v) is 8.74. The molecule has 1 aromatic rings. The van der Waals surface area contributed by atoms with Crippen molar-refractivity contribution in [3.8, 4) is 0 Å². The molecule has 1 saturated heterocycles. The fourth-order valence-electron chi connectivity index (χ4n) is 2.78. The van der Waals surface area contributed by atoms with E-state index in [1.807, 2.05) is 13.8 Å². The van der Waals surface area contributed by atoms with E-state index >= 15 is 0 Å². The van der Waals surface area contributed by atoms with E-state index in [-0.39, 0.29) is 11.9 Å². The predicted octanol–water partition coefficient (Wildman–Crippen LogP) is 2.10. The maximum atomic E-state index is 12.5. The molecule has 0 aromatic carbocycles. The zero-order valence-electron chi connectivity index (χ0n) is 14.3. The van der Waals surface area contributed by atoms with E-state index in [1.165, 1.54) is 0 Å². The number of aryl methyl sites for hydroxylation is 2. The van der Waals surface area contributed by atoms with Gasteiger partial charge in [-0.3, -0.25) is 14.4 Å². The number of ether oxygens (including phenoxy) is 1. The van der Waals surface area contributed by atoms with Crippen LogP contribution in [0, 0.1) is 6.92 Å². The molecule has 1 aromatic heterocycles. The fraction of sp³-hybridized carbons (Fsp3) is 0.750. The van der Waals surface area contributed by atoms with E-state index in [0.29, 0.717) is 16.4 Å². The molecule has 1 N–H and O–H groups in total. The summed E-state index contributed by atoms with van der Waals surface area (Å²) in [6.07, 6.45) is 2.06. The third kappa shape index (κ3) is 4.93. The van der Waals surface area contributed by atoms with Gasteiger partial charge < -0.3 is 10.1 Å². The lowest BCUT2D eigenvalue weighted by Gasteiger charge is -2.29. The SMILES string of the molecule is CCCCn1nc(C)c(C(=O)NC(C)CN2CCOCC2)c1Cl. The molecule has 0 spiro atoms. The Morgan fingerprint density at radius 1 is 1.43 bits per heavy atom. The summed E-state index contributed by atoms with van der Waals surface area (Å²) in [6.45, 7) is 10.9. The lowest BCUT2D eigenvalue weighted by molar-refractivity contribution is 0.0342. The minimum absolute atomic E-state index is 0.0510. The van der Waals surface area contributed by atoms with Crippen LogP contribution in [0.2, 0.25) is 5.15 Å². The largest absolute Gasteiger partial charge is 0.379 e. The van der Waals surface area contributed by atoms with E-state index in [4.69, 9.17) is 16.3 Å². The zero-order valence-corrected chi connectivity index (χ0v) is 15.0. The van der Waals surface area contributed by atoms with Gasteiger partial charge in [-0.2, -0.15) is 5.10 Å². The molecule has 0 bridgehead atoms. The number of aromatic nitrogens is 2. The summed E-state index contributed by atoms with van der Waals surface area (Å²) in [5.74, 6) is -0.143. The van der Waals surface area contributed by atoms with Crippen LogP contribution < -0.4 is 5.32 Å². The van der Waals surface area contributed by atoms with Crippen molar-refractivity contribution in [3.05, 3.63) is 16.4 Å². The first-order chi connectivity index (χ1) is 11.0. The molecule has 6 nitrogen and oxygen atoms in total. The molecular weight excluding hydrogens is 316 g/mol. The molecule has 130 valence electrons. The summed E-state index contributed by atoms with van der Waals surface area (Å²) in [4.78, 5) is 14.8. The molecule has 1 atom stereocenters. The van der Waals surface area contributed by atoms with Gasteiger partial charge in [0.1, 0.15) is 5.15 Å². The Bertz CT molecular complexity index is 526. The molecule has 1 unspecified atom stereocenters. The number of nitrogens with one attached hydrogen (secondary N) is 1. The Hall–Kier alpha value is -1.11. The fourth-order valence-corrected chi connectivity index (χ4v) is 3.12. The first-order valence-electron chi connectivity index (χ1n) is 8.36. The van der Waals surface area contributed by atoms with Crippen molar-refractivity contribution in [1.29, 1.82) is 0 Å². The van der Waals surface area contributed by atoms with Crippen LogP contribution in [0.4, 0.5) is 0 Å². The number of unbranched alkanes of at least 4 members (excludes halogenated alkanes) is 1. The molecule has 7 heteroatoms. The van der Waals surface area contributed by atoms with Crippen LogP contribution >= 0.6 is 11.6 Å². The number of halogens is 1. The van der Waals surface area contributed by atoms with E-state index in [0.717, 1.165) is 52.2 Å². The molecule has 0 aliphatic carbocycles. The highest BCUT2D eigenvalue weighted by molar-refractivity contribution is 6.33. The highest BCUT2D eigenvalue weighted by Gasteiger charge is 2.22. The van der Waals surface area contributed by atoms with Crippen LogP contribution in [0.15, 0.2) is 0 Å². The Morgan fingerprint density at radius 2 is 2.13 bits per heavy atom. The average molecular weight is 343 g/mol. The van der Waals surface area contributed by atoms with Gasteiger partial charge in [0.15, 0.2) is 0 Å². The van der Waals surface area contributed by atoms with Gasteiger partial charge in [0.2, 0.25) is 0 Å². The van der Waals surface area contributed by atoms with E-state index in [9.17, 15) is 4.79 Å². The molecule has 1 aliphatic rings. The Kier molecular flexibility index (Phi) is 6.87. The van der Waals surface area contributed by atoms with Crippen LogP contribution in [0.25, 0.3) is 0 Å². The summed E-state index contributed by atoms with van der Waals surface area (Å²) in [7, 11) is 0. The number of morpholine rings is 1. The Morgan fingerprint density at radius 3 is 2.78 bits per heavy atom. The van der Waals surface area contributed by atoms with Gasteiger partial charge in [-0.1, -0.05) is 24.9 Å². The molecule has 0 radical (unpaired) electrons. The number of carbonyl (C=O) groups excluding carboxylic acids is 1. The number of hydrogen-bond acceptors (Lipinski definition) is 4. The van der Waals surface area contributed by atoms with Crippen LogP contribution in [0.5, 0.6) is 0 Å². The van der Waals surface area contributed by atoms with Gasteiger partial charge in [0.25, 0.3) is 5.91 Å². The summed E-state index contributed by atoms with van der Waals surface area (Å²) < 4.78 is 7.06. The van der Waals surface area contributed by atoms with Crippen LogP contribution in [-0.2, 0) is 11.3 Å². The van der Waals surface area contributed by atoms with Crippen molar-refractivity contribution >= 4 is 17.5 Å². The van der Waals surface area contributed by atoms with Gasteiger partial charge in [-0.25, -0.2) is 0 Å². The highest BCUT2D eigenvalue weighted by Crippen LogP contribution is 2.20. The Balaban J connectivity index is 1.95. The third-order valence-corrected chi connectivity index (χ3v) is 4.41. The molecule has 2 rings (SSSR count). The standard InChI is InChI=1S/C16H27ClN4O2/c1-4-5-6-21-15(17)14(13(3)19-21)16(22)18-12(2)11-20-7-9-23-10-8-20/h12H,4-11H2,1-3H3,(H,18,22). The van der Waals surface area contributed by atoms with Gasteiger partial charge in [-0.15, -0.1) is 0 Å². The number of amides is 1. The molecule has 1 fully saturated rings. The second-order valence-electron chi connectivity index (χ2n) is 6.12. The average Bonchev–Trinajstić information content (AvgIpc) is 2.80. The van der Waals surface area contributed by atoms with Crippen LogP contribution in [0.1, 0.15) is 42.7 Å². The summed E-state index contributed by atoms with van der Waals surface area (Å²) in [6, 6.07) is 0.0510. The minimum atomic E-state index is -0.143. The van der Waals surface area contributed by atoms with E-state index in [1.54, 1.807) is 4.68 Å². The molecule has 1 amide bonds. The molecule has 1 aliphatic heterocycles. The summed E-state index contributed by atoms with van der Waals surface area (Å²) >= 11 is 6.35. The minimum Gasteiger partial charge on any atom is -0.379 e. The normalized spacial score (nSPS) is 17.2. The summed E-state index contributed by atoms with van der Waals surface area (Å²) in [5, 5.41) is 7.86. The van der Waals surface area contributed by atoms with E-state index in [2.05, 4.69) is 22.2 Å². The smallest absolute Gasteiger partial charge is 0.256 e.